The van der Waals surface area contributed by atoms with Crippen LogP contribution in [-0.4, -0.2) is 64.5 Å². The average Bonchev–Trinajstić information content (AvgIpc) is 3.20. The third-order valence-electron chi connectivity index (χ3n) is 4.37. The van der Waals surface area contributed by atoms with Gasteiger partial charge >= 0.3 is 16.2 Å². The summed E-state index contributed by atoms with van der Waals surface area (Å²) < 4.78 is 51.6. The van der Waals surface area contributed by atoms with Crippen molar-refractivity contribution < 1.29 is 32.2 Å². The molecule has 0 amide bonds. The maximum atomic E-state index is 12.9. The Balaban J connectivity index is 2.08. The molecule has 3 rings (SSSR count). The van der Waals surface area contributed by atoms with Crippen LogP contribution in [0.4, 0.5) is 0 Å². The molecule has 1 saturated heterocycles. The second kappa shape index (κ2) is 8.19. The van der Waals surface area contributed by atoms with E-state index < -0.39 is 22.2 Å². The molecular formula is C18H22N2O7S. The van der Waals surface area contributed by atoms with E-state index in [0.29, 0.717) is 30.1 Å². The summed E-state index contributed by atoms with van der Waals surface area (Å²) in [6, 6.07) is 4.37. The first-order chi connectivity index (χ1) is 13.4. The van der Waals surface area contributed by atoms with E-state index in [-0.39, 0.29) is 24.6 Å². The highest BCUT2D eigenvalue weighted by Gasteiger charge is 2.40. The van der Waals surface area contributed by atoms with Gasteiger partial charge in [0.15, 0.2) is 11.5 Å². The van der Waals surface area contributed by atoms with E-state index >= 15 is 0 Å². The van der Waals surface area contributed by atoms with Gasteiger partial charge in [0.25, 0.3) is 0 Å². The largest absolute Gasteiger partial charge is 0.493 e. The summed E-state index contributed by atoms with van der Waals surface area (Å²) in [6.45, 7) is 2.38. The van der Waals surface area contributed by atoms with Crippen molar-refractivity contribution in [3.8, 4) is 11.5 Å². The van der Waals surface area contributed by atoms with E-state index in [1.165, 1.54) is 20.3 Å². The number of methoxy groups -OCH3 is 2. The summed E-state index contributed by atoms with van der Waals surface area (Å²) in [7, 11) is -1.18. The highest BCUT2D eigenvalue weighted by molar-refractivity contribution is 7.88. The van der Waals surface area contributed by atoms with E-state index in [1.807, 2.05) is 0 Å². The zero-order chi connectivity index (χ0) is 20.3. The summed E-state index contributed by atoms with van der Waals surface area (Å²) in [4.78, 5) is 12.5. The average molecular weight is 410 g/mol. The van der Waals surface area contributed by atoms with Crippen molar-refractivity contribution in [2.45, 2.75) is 19.4 Å². The van der Waals surface area contributed by atoms with Gasteiger partial charge in [-0.1, -0.05) is 0 Å². The SMILES string of the molecule is CCOC(=O)C1=CC(c2ccc(OC)c(OC)c2)=NS(=O)(=O)N1[C@H]1CCOC1. The van der Waals surface area contributed by atoms with E-state index in [4.69, 9.17) is 18.9 Å². The number of nitrogens with zero attached hydrogens (tertiary/aromatic N) is 2. The zero-order valence-corrected chi connectivity index (χ0v) is 16.7. The number of esters is 1. The zero-order valence-electron chi connectivity index (χ0n) is 15.9. The fourth-order valence-electron chi connectivity index (χ4n) is 3.09. The molecule has 0 unspecified atom stereocenters. The summed E-state index contributed by atoms with van der Waals surface area (Å²) in [5.74, 6) is 0.175. The van der Waals surface area contributed by atoms with Gasteiger partial charge in [0.1, 0.15) is 5.70 Å². The molecule has 2 aliphatic heterocycles. The molecule has 1 fully saturated rings. The smallest absolute Gasteiger partial charge is 0.355 e. The Morgan fingerprint density at radius 3 is 2.64 bits per heavy atom. The Hall–Kier alpha value is -2.59. The molecule has 0 radical (unpaired) electrons. The predicted octanol–water partition coefficient (Wildman–Crippen LogP) is 1.29. The molecule has 1 atom stereocenters. The molecule has 28 heavy (non-hydrogen) atoms. The quantitative estimate of drug-likeness (QED) is 0.651. The van der Waals surface area contributed by atoms with Crippen molar-refractivity contribution in [3.05, 3.63) is 35.5 Å². The van der Waals surface area contributed by atoms with Gasteiger partial charge in [-0.25, -0.2) is 9.10 Å². The van der Waals surface area contributed by atoms with Crippen molar-refractivity contribution in [2.24, 2.45) is 4.40 Å². The van der Waals surface area contributed by atoms with Crippen LogP contribution in [-0.2, 0) is 24.5 Å². The maximum absolute atomic E-state index is 12.9. The molecule has 0 aliphatic carbocycles. The first-order valence-corrected chi connectivity index (χ1v) is 10.1. The van der Waals surface area contributed by atoms with Crippen molar-refractivity contribution in [1.82, 2.24) is 4.31 Å². The third kappa shape index (κ3) is 3.83. The molecule has 0 spiro atoms. The number of allylic oxidation sites excluding steroid dienone is 1. The normalized spacial score (nSPS) is 21.0. The van der Waals surface area contributed by atoms with Gasteiger partial charge in [-0.2, -0.15) is 8.42 Å². The molecule has 0 aromatic heterocycles. The van der Waals surface area contributed by atoms with E-state index in [9.17, 15) is 13.2 Å². The molecule has 0 saturated carbocycles. The van der Waals surface area contributed by atoms with Crippen molar-refractivity contribution in [2.75, 3.05) is 34.0 Å². The van der Waals surface area contributed by atoms with Gasteiger partial charge in [-0.15, -0.1) is 4.40 Å². The molecule has 2 heterocycles. The lowest BCUT2D eigenvalue weighted by molar-refractivity contribution is -0.140. The second-order valence-corrected chi connectivity index (χ2v) is 7.56. The van der Waals surface area contributed by atoms with Crippen molar-refractivity contribution >= 4 is 21.9 Å². The van der Waals surface area contributed by atoms with Crippen LogP contribution in [0, 0.1) is 0 Å². The Bertz CT molecular complexity index is 918. The number of carbonyl (C=O) groups is 1. The molecule has 10 heteroatoms. The highest BCUT2D eigenvalue weighted by atomic mass is 32.2. The van der Waals surface area contributed by atoms with Crippen LogP contribution in [0.3, 0.4) is 0 Å². The molecule has 1 aromatic rings. The van der Waals surface area contributed by atoms with Crippen LogP contribution in [0.2, 0.25) is 0 Å². The summed E-state index contributed by atoms with van der Waals surface area (Å²) in [6.07, 6.45) is 1.88. The third-order valence-corrected chi connectivity index (χ3v) is 5.79. The number of hydrogen-bond acceptors (Lipinski definition) is 7. The Morgan fingerprint density at radius 2 is 2.04 bits per heavy atom. The minimum atomic E-state index is -4.15. The second-order valence-electron chi connectivity index (χ2n) is 6.09. The van der Waals surface area contributed by atoms with Crippen LogP contribution in [0.5, 0.6) is 11.5 Å². The summed E-state index contributed by atoms with van der Waals surface area (Å²) in [5, 5.41) is 0. The van der Waals surface area contributed by atoms with E-state index in [2.05, 4.69) is 4.40 Å². The van der Waals surface area contributed by atoms with Gasteiger partial charge in [0, 0.05) is 12.2 Å². The molecule has 9 nitrogen and oxygen atoms in total. The first-order valence-electron chi connectivity index (χ1n) is 8.74. The molecular weight excluding hydrogens is 388 g/mol. The predicted molar refractivity (Wildman–Crippen MR) is 101 cm³/mol. The fraction of sp³-hybridized carbons (Fsp3) is 0.444. The molecule has 0 N–H and O–H groups in total. The lowest BCUT2D eigenvalue weighted by atomic mass is 10.1. The van der Waals surface area contributed by atoms with Crippen LogP contribution in [0.1, 0.15) is 18.9 Å². The topological polar surface area (TPSA) is 104 Å². The van der Waals surface area contributed by atoms with Gasteiger partial charge in [0.2, 0.25) is 0 Å². The lowest BCUT2D eigenvalue weighted by Gasteiger charge is -2.30. The minimum absolute atomic E-state index is 0.0860. The first kappa shape index (κ1) is 20.2. The Labute approximate surface area is 163 Å². The number of hydrogen-bond donors (Lipinski definition) is 0. The van der Waals surface area contributed by atoms with Gasteiger partial charge < -0.3 is 18.9 Å². The summed E-state index contributed by atoms with van der Waals surface area (Å²) >= 11 is 0. The van der Waals surface area contributed by atoms with Crippen LogP contribution in [0.25, 0.3) is 0 Å². The maximum Gasteiger partial charge on any atom is 0.355 e. The van der Waals surface area contributed by atoms with E-state index in [0.717, 1.165) is 4.31 Å². The van der Waals surface area contributed by atoms with Crippen molar-refractivity contribution in [1.29, 1.82) is 0 Å². The highest BCUT2D eigenvalue weighted by Crippen LogP contribution is 2.31. The number of benzene rings is 1. The Kier molecular flexibility index (Phi) is 5.90. The van der Waals surface area contributed by atoms with Crippen LogP contribution < -0.4 is 9.47 Å². The molecule has 1 aromatic carbocycles. The van der Waals surface area contributed by atoms with Gasteiger partial charge in [-0.3, -0.25) is 0 Å². The number of ether oxygens (including phenoxy) is 4. The standard InChI is InChI=1S/C18H22N2O7S/c1-4-27-18(21)15-10-14(12-5-6-16(24-2)17(9-12)25-3)19-28(22,23)20(15)13-7-8-26-11-13/h5-6,9-10,13H,4,7-8,11H2,1-3H3/t13-/m0/s1. The molecule has 2 aliphatic rings. The fourth-order valence-corrected chi connectivity index (χ4v) is 4.50. The van der Waals surface area contributed by atoms with E-state index in [1.54, 1.807) is 25.1 Å². The van der Waals surface area contributed by atoms with Crippen LogP contribution >= 0.6 is 0 Å². The van der Waals surface area contributed by atoms with Gasteiger partial charge in [0.05, 0.1) is 39.2 Å². The Morgan fingerprint density at radius 1 is 1.29 bits per heavy atom. The number of carbonyl (C=O) groups excluding carboxylic acids is 1. The monoisotopic (exact) mass is 410 g/mol. The van der Waals surface area contributed by atoms with Crippen molar-refractivity contribution in [3.63, 3.8) is 0 Å². The summed E-state index contributed by atoms with van der Waals surface area (Å²) in [5.41, 5.74) is 0.488. The number of rotatable bonds is 6. The van der Waals surface area contributed by atoms with Gasteiger partial charge in [-0.05, 0) is 37.6 Å². The van der Waals surface area contributed by atoms with Crippen LogP contribution in [0.15, 0.2) is 34.4 Å². The molecule has 152 valence electrons. The molecule has 0 bridgehead atoms. The lowest BCUT2D eigenvalue weighted by Crippen LogP contribution is -2.44. The minimum Gasteiger partial charge on any atom is -0.493 e.